The molecule has 0 N–H and O–H groups in total. The number of hydrogen-bond donors (Lipinski definition) is 0. The van der Waals surface area contributed by atoms with E-state index in [0.29, 0.717) is 5.56 Å². The van der Waals surface area contributed by atoms with Crippen LogP contribution in [0.1, 0.15) is 10.4 Å². The van der Waals surface area contributed by atoms with Gasteiger partial charge in [0.15, 0.2) is 0 Å². The molecule has 2 heterocycles. The topological polar surface area (TPSA) is 45.7 Å². The number of ether oxygens (including phenoxy) is 1. The fourth-order valence-electron chi connectivity index (χ4n) is 2.76. The molecule has 0 radical (unpaired) electrons. The van der Waals surface area contributed by atoms with Crippen molar-refractivity contribution < 1.29 is 13.9 Å². The lowest BCUT2D eigenvalue weighted by Crippen LogP contribution is -2.46. The second-order valence-corrected chi connectivity index (χ2v) is 5.74. The van der Waals surface area contributed by atoms with Crippen LogP contribution in [-0.2, 0) is 4.74 Å². The second-order valence-electron chi connectivity index (χ2n) is 5.74. The van der Waals surface area contributed by atoms with Crippen LogP contribution in [-0.4, -0.2) is 43.7 Å². The highest BCUT2D eigenvalue weighted by Gasteiger charge is 2.19. The van der Waals surface area contributed by atoms with E-state index in [1.165, 1.54) is 24.4 Å². The Balaban J connectivity index is 1.58. The lowest BCUT2D eigenvalue weighted by atomic mass is 10.2. The fraction of sp³-hybridized carbons (Fsp3) is 0.263. The number of aromatic nitrogens is 1. The number of esters is 1. The standard InChI is InChI=1S/C19H20FN3O2/c1-2-13-25-19(24)15-3-8-18(21-14-15)23-11-9-22(10-12-23)17-6-4-16(20)5-7-17/h2-8,14H,1,9-13H2. The maximum atomic E-state index is 13.0. The predicted octanol–water partition coefficient (Wildman–Crippen LogP) is 2.89. The smallest absolute Gasteiger partial charge is 0.340 e. The van der Waals surface area contributed by atoms with Crippen molar-refractivity contribution in [2.75, 3.05) is 42.6 Å². The van der Waals surface area contributed by atoms with Gasteiger partial charge in [0.2, 0.25) is 0 Å². The molecule has 1 aromatic heterocycles. The predicted molar refractivity (Wildman–Crippen MR) is 95.5 cm³/mol. The monoisotopic (exact) mass is 341 g/mol. The molecule has 1 saturated heterocycles. The molecule has 130 valence electrons. The van der Waals surface area contributed by atoms with Crippen LogP contribution in [0, 0.1) is 5.82 Å². The molecule has 2 aromatic rings. The van der Waals surface area contributed by atoms with E-state index in [1.54, 1.807) is 18.2 Å². The van der Waals surface area contributed by atoms with E-state index in [4.69, 9.17) is 4.74 Å². The van der Waals surface area contributed by atoms with Crippen LogP contribution in [0.25, 0.3) is 0 Å². The van der Waals surface area contributed by atoms with Crippen LogP contribution in [0.3, 0.4) is 0 Å². The van der Waals surface area contributed by atoms with Crippen LogP contribution in [0.5, 0.6) is 0 Å². The molecule has 1 fully saturated rings. The largest absolute Gasteiger partial charge is 0.458 e. The zero-order chi connectivity index (χ0) is 17.6. The number of carbonyl (C=O) groups excluding carboxylic acids is 1. The molecule has 1 aromatic carbocycles. The highest BCUT2D eigenvalue weighted by atomic mass is 19.1. The summed E-state index contributed by atoms with van der Waals surface area (Å²) in [4.78, 5) is 20.5. The van der Waals surface area contributed by atoms with Gasteiger partial charge >= 0.3 is 5.97 Å². The van der Waals surface area contributed by atoms with E-state index in [0.717, 1.165) is 37.7 Å². The second kappa shape index (κ2) is 7.79. The van der Waals surface area contributed by atoms with Gasteiger partial charge in [0.25, 0.3) is 0 Å². The minimum Gasteiger partial charge on any atom is -0.458 e. The minimum absolute atomic E-state index is 0.186. The number of anilines is 2. The molecular weight excluding hydrogens is 321 g/mol. The first kappa shape index (κ1) is 17.0. The molecule has 1 aliphatic heterocycles. The van der Waals surface area contributed by atoms with Gasteiger partial charge in [-0.1, -0.05) is 12.7 Å². The third-order valence-corrected chi connectivity index (χ3v) is 4.11. The molecule has 0 bridgehead atoms. The van der Waals surface area contributed by atoms with E-state index >= 15 is 0 Å². The first-order valence-electron chi connectivity index (χ1n) is 8.17. The zero-order valence-electron chi connectivity index (χ0n) is 13.9. The summed E-state index contributed by atoms with van der Waals surface area (Å²) in [6, 6.07) is 10.1. The van der Waals surface area contributed by atoms with Gasteiger partial charge < -0.3 is 14.5 Å². The Morgan fingerprint density at radius 2 is 1.80 bits per heavy atom. The summed E-state index contributed by atoms with van der Waals surface area (Å²) in [5.41, 5.74) is 1.45. The molecule has 0 spiro atoms. The summed E-state index contributed by atoms with van der Waals surface area (Å²) in [7, 11) is 0. The summed E-state index contributed by atoms with van der Waals surface area (Å²) in [5.74, 6) is 0.206. The first-order valence-corrected chi connectivity index (χ1v) is 8.17. The van der Waals surface area contributed by atoms with Gasteiger partial charge in [-0.05, 0) is 36.4 Å². The number of hydrogen-bond acceptors (Lipinski definition) is 5. The number of carbonyl (C=O) groups is 1. The summed E-state index contributed by atoms with van der Waals surface area (Å²) in [6.07, 6.45) is 3.06. The van der Waals surface area contributed by atoms with Crippen molar-refractivity contribution >= 4 is 17.5 Å². The Hall–Kier alpha value is -2.89. The van der Waals surface area contributed by atoms with E-state index < -0.39 is 5.97 Å². The molecule has 25 heavy (non-hydrogen) atoms. The fourth-order valence-corrected chi connectivity index (χ4v) is 2.76. The molecule has 0 aliphatic carbocycles. The Morgan fingerprint density at radius 3 is 2.40 bits per heavy atom. The normalized spacial score (nSPS) is 14.3. The summed E-state index contributed by atoms with van der Waals surface area (Å²) in [5, 5.41) is 0. The summed E-state index contributed by atoms with van der Waals surface area (Å²) >= 11 is 0. The average molecular weight is 341 g/mol. The van der Waals surface area contributed by atoms with Gasteiger partial charge in [-0.3, -0.25) is 0 Å². The SMILES string of the molecule is C=CCOC(=O)c1ccc(N2CCN(c3ccc(F)cc3)CC2)nc1. The Morgan fingerprint density at radius 1 is 1.12 bits per heavy atom. The van der Waals surface area contributed by atoms with Crippen LogP contribution in [0.2, 0.25) is 0 Å². The third-order valence-electron chi connectivity index (χ3n) is 4.11. The van der Waals surface area contributed by atoms with Crippen LogP contribution >= 0.6 is 0 Å². The molecule has 5 nitrogen and oxygen atoms in total. The Labute approximate surface area is 146 Å². The maximum absolute atomic E-state index is 13.0. The average Bonchev–Trinajstić information content (AvgIpc) is 2.67. The lowest BCUT2D eigenvalue weighted by molar-refractivity contribution is 0.0549. The van der Waals surface area contributed by atoms with Gasteiger partial charge in [-0.15, -0.1) is 0 Å². The number of nitrogens with zero attached hydrogens (tertiary/aromatic N) is 3. The van der Waals surface area contributed by atoms with Gasteiger partial charge in [-0.25, -0.2) is 14.2 Å². The first-order chi connectivity index (χ1) is 12.2. The quantitative estimate of drug-likeness (QED) is 0.618. The molecule has 6 heteroatoms. The van der Waals surface area contributed by atoms with Gasteiger partial charge in [0.1, 0.15) is 18.2 Å². The number of halogens is 1. The van der Waals surface area contributed by atoms with E-state index in [2.05, 4.69) is 21.4 Å². The van der Waals surface area contributed by atoms with Crippen LogP contribution in [0.4, 0.5) is 15.9 Å². The molecule has 0 unspecified atom stereocenters. The van der Waals surface area contributed by atoms with Crippen molar-refractivity contribution in [1.82, 2.24) is 4.98 Å². The highest BCUT2D eigenvalue weighted by Crippen LogP contribution is 2.20. The summed E-state index contributed by atoms with van der Waals surface area (Å²) < 4.78 is 18.0. The molecule has 0 saturated carbocycles. The molecular formula is C19H20FN3O2. The van der Waals surface area contributed by atoms with E-state index in [1.807, 2.05) is 6.07 Å². The number of benzene rings is 1. The number of rotatable bonds is 5. The van der Waals surface area contributed by atoms with Crippen molar-refractivity contribution in [2.24, 2.45) is 0 Å². The Bertz CT molecular complexity index is 723. The van der Waals surface area contributed by atoms with Gasteiger partial charge in [0.05, 0.1) is 5.56 Å². The third kappa shape index (κ3) is 4.15. The number of piperazine rings is 1. The maximum Gasteiger partial charge on any atom is 0.340 e. The van der Waals surface area contributed by atoms with Gasteiger partial charge in [0, 0.05) is 38.1 Å². The molecule has 1 aliphatic rings. The van der Waals surface area contributed by atoms with Crippen molar-refractivity contribution in [1.29, 1.82) is 0 Å². The Kier molecular flexibility index (Phi) is 5.28. The zero-order valence-corrected chi connectivity index (χ0v) is 13.9. The van der Waals surface area contributed by atoms with Crippen molar-refractivity contribution in [3.8, 4) is 0 Å². The highest BCUT2D eigenvalue weighted by molar-refractivity contribution is 5.89. The van der Waals surface area contributed by atoms with Crippen LogP contribution < -0.4 is 9.80 Å². The van der Waals surface area contributed by atoms with Crippen molar-refractivity contribution in [2.45, 2.75) is 0 Å². The van der Waals surface area contributed by atoms with Crippen molar-refractivity contribution in [3.63, 3.8) is 0 Å². The minimum atomic E-state index is -0.403. The van der Waals surface area contributed by atoms with Crippen molar-refractivity contribution in [3.05, 3.63) is 66.6 Å². The summed E-state index contributed by atoms with van der Waals surface area (Å²) in [6.45, 7) is 6.98. The van der Waals surface area contributed by atoms with E-state index in [-0.39, 0.29) is 12.4 Å². The molecule has 0 amide bonds. The number of pyridine rings is 1. The lowest BCUT2D eigenvalue weighted by Gasteiger charge is -2.36. The molecule has 0 atom stereocenters. The van der Waals surface area contributed by atoms with Crippen LogP contribution in [0.15, 0.2) is 55.3 Å². The van der Waals surface area contributed by atoms with E-state index in [9.17, 15) is 9.18 Å². The molecule has 3 rings (SSSR count). The van der Waals surface area contributed by atoms with Gasteiger partial charge in [-0.2, -0.15) is 0 Å².